The largest absolute Gasteiger partial charge is 0.497 e. The van der Waals surface area contributed by atoms with Gasteiger partial charge in [-0.1, -0.05) is 32.0 Å². The fourth-order valence-corrected chi connectivity index (χ4v) is 2.61. The summed E-state index contributed by atoms with van der Waals surface area (Å²) in [5.41, 5.74) is 0.876. The van der Waals surface area contributed by atoms with Gasteiger partial charge in [-0.05, 0) is 48.7 Å². The number of benzene rings is 2. The standard InChI is InChI=1S/C22H25NO5/c1-15(2)13-19(23-21(25)17-7-5-4-6-8-17)22(26)28-14-20(24)16-9-11-18(27-3)12-10-16/h4-12,15,19H,13-14H2,1-3H3,(H,23,25). The van der Waals surface area contributed by atoms with Gasteiger partial charge in [-0.15, -0.1) is 0 Å². The van der Waals surface area contributed by atoms with Crippen molar-refractivity contribution < 1.29 is 23.9 Å². The number of carbonyl (C=O) groups excluding carboxylic acids is 3. The molecule has 0 fully saturated rings. The fraction of sp³-hybridized carbons (Fsp3) is 0.318. The first-order valence-corrected chi connectivity index (χ1v) is 9.10. The molecular weight excluding hydrogens is 358 g/mol. The SMILES string of the molecule is COc1ccc(C(=O)COC(=O)C(CC(C)C)NC(=O)c2ccccc2)cc1. The Morgan fingerprint density at radius 1 is 0.929 bits per heavy atom. The van der Waals surface area contributed by atoms with Gasteiger partial charge in [-0.3, -0.25) is 9.59 Å². The average Bonchev–Trinajstić information content (AvgIpc) is 2.71. The molecule has 0 bridgehead atoms. The van der Waals surface area contributed by atoms with Crippen LogP contribution in [0.3, 0.4) is 0 Å². The van der Waals surface area contributed by atoms with Gasteiger partial charge < -0.3 is 14.8 Å². The third-order valence-corrected chi connectivity index (χ3v) is 4.09. The van der Waals surface area contributed by atoms with Crippen molar-refractivity contribution in [3.05, 3.63) is 65.7 Å². The Labute approximate surface area is 164 Å². The smallest absolute Gasteiger partial charge is 0.329 e. The zero-order valence-electron chi connectivity index (χ0n) is 16.3. The molecule has 0 saturated heterocycles. The van der Waals surface area contributed by atoms with E-state index in [0.717, 1.165) is 0 Å². The molecule has 1 amide bonds. The Morgan fingerprint density at radius 2 is 1.57 bits per heavy atom. The summed E-state index contributed by atoms with van der Waals surface area (Å²) in [4.78, 5) is 37.1. The van der Waals surface area contributed by atoms with Crippen molar-refractivity contribution >= 4 is 17.7 Å². The molecule has 0 aliphatic heterocycles. The molecule has 0 spiro atoms. The predicted octanol–water partition coefficient (Wildman–Crippen LogP) is 3.27. The molecule has 0 aromatic heterocycles. The fourth-order valence-electron chi connectivity index (χ4n) is 2.61. The number of amides is 1. The van der Waals surface area contributed by atoms with Gasteiger partial charge in [0, 0.05) is 11.1 Å². The molecule has 0 radical (unpaired) electrons. The van der Waals surface area contributed by atoms with Gasteiger partial charge >= 0.3 is 5.97 Å². The summed E-state index contributed by atoms with van der Waals surface area (Å²) in [6, 6.07) is 14.4. The summed E-state index contributed by atoms with van der Waals surface area (Å²) in [7, 11) is 1.54. The number of ketones is 1. The van der Waals surface area contributed by atoms with Crippen LogP contribution in [-0.4, -0.2) is 37.4 Å². The molecule has 6 nitrogen and oxygen atoms in total. The monoisotopic (exact) mass is 383 g/mol. The summed E-state index contributed by atoms with van der Waals surface area (Å²) in [5.74, 6) is -0.515. The number of methoxy groups -OCH3 is 1. The van der Waals surface area contributed by atoms with Crippen molar-refractivity contribution in [2.75, 3.05) is 13.7 Å². The van der Waals surface area contributed by atoms with Crippen LogP contribution < -0.4 is 10.1 Å². The third-order valence-electron chi connectivity index (χ3n) is 4.09. The highest BCUT2D eigenvalue weighted by Gasteiger charge is 2.24. The van der Waals surface area contributed by atoms with Crippen LogP contribution in [0.5, 0.6) is 5.75 Å². The van der Waals surface area contributed by atoms with E-state index in [4.69, 9.17) is 9.47 Å². The van der Waals surface area contributed by atoms with E-state index >= 15 is 0 Å². The van der Waals surface area contributed by atoms with Crippen LogP contribution in [-0.2, 0) is 9.53 Å². The Hall–Kier alpha value is -3.15. The van der Waals surface area contributed by atoms with E-state index in [1.54, 1.807) is 54.6 Å². The van der Waals surface area contributed by atoms with Crippen molar-refractivity contribution in [3.63, 3.8) is 0 Å². The number of nitrogens with one attached hydrogen (secondary N) is 1. The molecule has 0 aliphatic carbocycles. The maximum Gasteiger partial charge on any atom is 0.329 e. The number of carbonyl (C=O) groups is 3. The van der Waals surface area contributed by atoms with Crippen molar-refractivity contribution in [1.82, 2.24) is 5.32 Å². The summed E-state index contributed by atoms with van der Waals surface area (Å²) in [6.45, 7) is 3.50. The van der Waals surface area contributed by atoms with Crippen LogP contribution in [0.15, 0.2) is 54.6 Å². The first-order chi connectivity index (χ1) is 13.4. The van der Waals surface area contributed by atoms with Crippen LogP contribution in [0.1, 0.15) is 41.0 Å². The average molecular weight is 383 g/mol. The van der Waals surface area contributed by atoms with E-state index in [9.17, 15) is 14.4 Å². The minimum Gasteiger partial charge on any atom is -0.497 e. The van der Waals surface area contributed by atoms with Gasteiger partial charge in [0.1, 0.15) is 11.8 Å². The molecular formula is C22H25NO5. The molecule has 148 valence electrons. The van der Waals surface area contributed by atoms with E-state index in [-0.39, 0.29) is 24.2 Å². The molecule has 0 heterocycles. The second-order valence-electron chi connectivity index (χ2n) is 6.78. The lowest BCUT2D eigenvalue weighted by atomic mass is 10.0. The molecule has 28 heavy (non-hydrogen) atoms. The molecule has 1 atom stereocenters. The number of hydrogen-bond donors (Lipinski definition) is 1. The van der Waals surface area contributed by atoms with Gasteiger partial charge in [0.15, 0.2) is 12.4 Å². The Bertz CT molecular complexity index is 799. The van der Waals surface area contributed by atoms with Gasteiger partial charge in [-0.25, -0.2) is 4.79 Å². The zero-order valence-corrected chi connectivity index (χ0v) is 16.3. The molecule has 0 saturated carbocycles. The molecule has 2 rings (SSSR count). The highest BCUT2D eigenvalue weighted by Crippen LogP contribution is 2.13. The molecule has 1 unspecified atom stereocenters. The van der Waals surface area contributed by atoms with Gasteiger partial charge in [-0.2, -0.15) is 0 Å². The van der Waals surface area contributed by atoms with E-state index in [1.807, 2.05) is 13.8 Å². The van der Waals surface area contributed by atoms with Gasteiger partial charge in [0.25, 0.3) is 5.91 Å². The number of hydrogen-bond acceptors (Lipinski definition) is 5. The molecule has 0 aliphatic rings. The van der Waals surface area contributed by atoms with Crippen molar-refractivity contribution in [3.8, 4) is 5.75 Å². The van der Waals surface area contributed by atoms with Gasteiger partial charge in [0.2, 0.25) is 0 Å². The lowest BCUT2D eigenvalue weighted by Crippen LogP contribution is -2.43. The maximum absolute atomic E-state index is 12.5. The summed E-state index contributed by atoms with van der Waals surface area (Å²) in [5, 5.41) is 2.70. The Morgan fingerprint density at radius 3 is 2.14 bits per heavy atom. The number of ether oxygens (including phenoxy) is 2. The quantitative estimate of drug-likeness (QED) is 0.531. The van der Waals surface area contributed by atoms with E-state index < -0.39 is 12.0 Å². The van der Waals surface area contributed by atoms with E-state index in [1.165, 1.54) is 7.11 Å². The van der Waals surface area contributed by atoms with Crippen LogP contribution in [0.2, 0.25) is 0 Å². The number of esters is 1. The van der Waals surface area contributed by atoms with Crippen molar-refractivity contribution in [1.29, 1.82) is 0 Å². The second-order valence-corrected chi connectivity index (χ2v) is 6.78. The molecule has 2 aromatic rings. The van der Waals surface area contributed by atoms with E-state index in [0.29, 0.717) is 23.3 Å². The van der Waals surface area contributed by atoms with Crippen molar-refractivity contribution in [2.45, 2.75) is 26.3 Å². The lowest BCUT2D eigenvalue weighted by molar-refractivity contribution is -0.145. The molecule has 6 heteroatoms. The molecule has 2 aromatic carbocycles. The summed E-state index contributed by atoms with van der Waals surface area (Å²) >= 11 is 0. The van der Waals surface area contributed by atoms with Crippen LogP contribution >= 0.6 is 0 Å². The molecule has 1 N–H and O–H groups in total. The number of rotatable bonds is 9. The normalized spacial score (nSPS) is 11.6. The van der Waals surface area contributed by atoms with Crippen LogP contribution in [0, 0.1) is 5.92 Å². The topological polar surface area (TPSA) is 81.7 Å². The van der Waals surface area contributed by atoms with Crippen LogP contribution in [0.25, 0.3) is 0 Å². The number of Topliss-reactive ketones (excluding diaryl/α,β-unsaturated/α-hetero) is 1. The third kappa shape index (κ3) is 6.23. The zero-order chi connectivity index (χ0) is 20.5. The van der Waals surface area contributed by atoms with Gasteiger partial charge in [0.05, 0.1) is 7.11 Å². The lowest BCUT2D eigenvalue weighted by Gasteiger charge is -2.19. The minimum atomic E-state index is -0.823. The maximum atomic E-state index is 12.5. The first-order valence-electron chi connectivity index (χ1n) is 9.10. The summed E-state index contributed by atoms with van der Waals surface area (Å²) < 4.78 is 10.2. The van der Waals surface area contributed by atoms with Crippen molar-refractivity contribution in [2.24, 2.45) is 5.92 Å². The first kappa shape index (κ1) is 21.2. The Kier molecular flexibility index (Phi) is 7.75. The highest BCUT2D eigenvalue weighted by atomic mass is 16.5. The minimum absolute atomic E-state index is 0.158. The van der Waals surface area contributed by atoms with E-state index in [2.05, 4.69) is 5.32 Å². The van der Waals surface area contributed by atoms with Crippen LogP contribution in [0.4, 0.5) is 0 Å². The highest BCUT2D eigenvalue weighted by molar-refractivity contribution is 5.99. The summed E-state index contributed by atoms with van der Waals surface area (Å²) in [6.07, 6.45) is 0.411. The predicted molar refractivity (Wildman–Crippen MR) is 105 cm³/mol. The Balaban J connectivity index is 1.97. The second kappa shape index (κ2) is 10.3.